The van der Waals surface area contributed by atoms with E-state index in [1.807, 2.05) is 12.1 Å². The van der Waals surface area contributed by atoms with E-state index < -0.39 is 6.10 Å². The first-order valence-electron chi connectivity index (χ1n) is 5.46. The van der Waals surface area contributed by atoms with Gasteiger partial charge in [0.1, 0.15) is 5.75 Å². The van der Waals surface area contributed by atoms with Gasteiger partial charge in [0, 0.05) is 5.56 Å². The Morgan fingerprint density at radius 3 is 2.80 bits per heavy atom. The maximum absolute atomic E-state index is 9.55. The molecule has 0 fully saturated rings. The van der Waals surface area contributed by atoms with Crippen molar-refractivity contribution in [1.82, 2.24) is 0 Å². The maximum Gasteiger partial charge on any atom is 0.123 e. The minimum Gasteiger partial charge on any atom is -0.493 e. The normalized spacial score (nSPS) is 20.3. The van der Waals surface area contributed by atoms with Gasteiger partial charge in [-0.3, -0.25) is 0 Å². The smallest absolute Gasteiger partial charge is 0.123 e. The summed E-state index contributed by atoms with van der Waals surface area (Å²) in [5, 5.41) is 9.55. The summed E-state index contributed by atoms with van der Waals surface area (Å²) in [5.74, 6) is 0.968. The first kappa shape index (κ1) is 10.5. The summed E-state index contributed by atoms with van der Waals surface area (Å²) in [7, 11) is 0. The molecule has 0 amide bonds. The van der Waals surface area contributed by atoms with Gasteiger partial charge in [-0.25, -0.2) is 0 Å². The van der Waals surface area contributed by atoms with Crippen molar-refractivity contribution in [2.75, 3.05) is 6.61 Å². The summed E-state index contributed by atoms with van der Waals surface area (Å²) >= 11 is 0. The average Bonchev–Trinajstić information content (AvgIpc) is 2.17. The van der Waals surface area contributed by atoms with Crippen LogP contribution in [-0.4, -0.2) is 11.7 Å². The lowest BCUT2D eigenvalue weighted by Gasteiger charge is -2.33. The second-order valence-electron chi connectivity index (χ2n) is 4.91. The highest BCUT2D eigenvalue weighted by Gasteiger charge is 2.28. The van der Waals surface area contributed by atoms with Crippen LogP contribution >= 0.6 is 0 Å². The minimum absolute atomic E-state index is 0.151. The van der Waals surface area contributed by atoms with E-state index in [1.54, 1.807) is 6.92 Å². The zero-order valence-electron chi connectivity index (χ0n) is 9.58. The van der Waals surface area contributed by atoms with E-state index in [0.717, 1.165) is 24.3 Å². The minimum atomic E-state index is -0.409. The van der Waals surface area contributed by atoms with Crippen LogP contribution in [0.15, 0.2) is 18.2 Å². The topological polar surface area (TPSA) is 29.5 Å². The molecule has 1 aromatic carbocycles. The first-order chi connectivity index (χ1) is 7.00. The van der Waals surface area contributed by atoms with Gasteiger partial charge in [0.2, 0.25) is 0 Å². The van der Waals surface area contributed by atoms with Crippen LogP contribution < -0.4 is 4.74 Å². The molecule has 0 saturated carbocycles. The number of aliphatic hydroxyl groups excluding tert-OH is 1. The average molecular weight is 208 g/mol. The van der Waals surface area contributed by atoms with Crippen LogP contribution in [0.25, 0.3) is 0 Å². The van der Waals surface area contributed by atoms with E-state index in [-0.39, 0.29) is 5.41 Å². The second-order valence-corrected chi connectivity index (χ2v) is 4.91. The van der Waals surface area contributed by atoms with E-state index in [9.17, 15) is 5.11 Å². The zero-order chi connectivity index (χ0) is 11.1. The van der Waals surface area contributed by atoms with Crippen molar-refractivity contribution < 1.29 is 9.84 Å². The fraction of sp³-hybridized carbons (Fsp3) is 0.538. The van der Waals surface area contributed by atoms with Crippen LogP contribution in [0.2, 0.25) is 0 Å². The van der Waals surface area contributed by atoms with Gasteiger partial charge in [-0.2, -0.15) is 0 Å². The Labute approximate surface area is 90.9 Å². The molecular weight excluding hydrogens is 190 g/mol. The Bertz CT molecular complexity index is 367. The van der Waals surface area contributed by atoms with Gasteiger partial charge >= 0.3 is 0 Å². The lowest BCUT2D eigenvalue weighted by Crippen LogP contribution is -2.26. The number of rotatable bonds is 1. The Balaban J connectivity index is 2.49. The van der Waals surface area contributed by atoms with Crippen molar-refractivity contribution in [2.24, 2.45) is 0 Å². The van der Waals surface area contributed by atoms with Crippen LogP contribution in [0.1, 0.15) is 44.4 Å². The summed E-state index contributed by atoms with van der Waals surface area (Å²) < 4.78 is 5.61. The van der Waals surface area contributed by atoms with Crippen LogP contribution in [0.3, 0.4) is 0 Å². The van der Waals surface area contributed by atoms with Crippen LogP contribution in [0.4, 0.5) is 0 Å². The molecular formula is C13H18O2. The largest absolute Gasteiger partial charge is 0.493 e. The Morgan fingerprint density at radius 2 is 2.13 bits per heavy atom. The van der Waals surface area contributed by atoms with Crippen LogP contribution in [-0.2, 0) is 5.41 Å². The molecule has 1 atom stereocenters. The predicted molar refractivity (Wildman–Crippen MR) is 60.2 cm³/mol. The second kappa shape index (κ2) is 3.53. The van der Waals surface area contributed by atoms with Crippen molar-refractivity contribution >= 4 is 0 Å². The Morgan fingerprint density at radius 1 is 1.40 bits per heavy atom. The third kappa shape index (κ3) is 1.86. The van der Waals surface area contributed by atoms with E-state index in [4.69, 9.17) is 4.74 Å². The molecule has 0 aliphatic carbocycles. The fourth-order valence-corrected chi connectivity index (χ4v) is 2.01. The number of fused-ring (bicyclic) bond motifs is 1. The van der Waals surface area contributed by atoms with Gasteiger partial charge in [0.15, 0.2) is 0 Å². The number of aliphatic hydroxyl groups is 1. The molecule has 1 N–H and O–H groups in total. The quantitative estimate of drug-likeness (QED) is 0.769. The third-order valence-electron chi connectivity index (χ3n) is 3.20. The summed E-state index contributed by atoms with van der Waals surface area (Å²) in [6.07, 6.45) is 0.622. The highest BCUT2D eigenvalue weighted by atomic mass is 16.5. The monoisotopic (exact) mass is 208 g/mol. The molecule has 82 valence electrons. The lowest BCUT2D eigenvalue weighted by molar-refractivity contribution is 0.197. The summed E-state index contributed by atoms with van der Waals surface area (Å²) in [5.41, 5.74) is 2.33. The van der Waals surface area contributed by atoms with Gasteiger partial charge < -0.3 is 9.84 Å². The lowest BCUT2D eigenvalue weighted by atomic mass is 9.80. The van der Waals surface area contributed by atoms with Gasteiger partial charge in [0.25, 0.3) is 0 Å². The van der Waals surface area contributed by atoms with Crippen molar-refractivity contribution in [2.45, 2.75) is 38.7 Å². The maximum atomic E-state index is 9.55. The SMILES string of the molecule is C[14CH](O)c1ccc2c(c1)C(C)(C)CCO2. The first-order valence-corrected chi connectivity index (χ1v) is 5.46. The molecule has 0 aromatic heterocycles. The highest BCUT2D eigenvalue weighted by molar-refractivity contribution is 5.43. The van der Waals surface area contributed by atoms with Gasteiger partial charge in [-0.15, -0.1) is 0 Å². The number of hydrogen-bond acceptors (Lipinski definition) is 2. The molecule has 0 spiro atoms. The molecule has 1 aromatic rings. The van der Waals surface area contributed by atoms with Gasteiger partial charge in [-0.1, -0.05) is 19.9 Å². The summed E-state index contributed by atoms with van der Waals surface area (Å²) in [6.45, 7) is 7.02. The molecule has 1 unspecified atom stereocenters. The zero-order valence-corrected chi connectivity index (χ0v) is 9.58. The van der Waals surface area contributed by atoms with Crippen molar-refractivity contribution in [1.29, 1.82) is 0 Å². The van der Waals surface area contributed by atoms with E-state index >= 15 is 0 Å². The third-order valence-corrected chi connectivity index (χ3v) is 3.20. The van der Waals surface area contributed by atoms with Gasteiger partial charge in [0.05, 0.1) is 12.7 Å². The summed E-state index contributed by atoms with van der Waals surface area (Å²) in [4.78, 5) is 0. The molecule has 1 aliphatic heterocycles. The molecule has 0 radical (unpaired) electrons. The van der Waals surface area contributed by atoms with Crippen molar-refractivity contribution in [3.63, 3.8) is 0 Å². The van der Waals surface area contributed by atoms with Crippen molar-refractivity contribution in [3.8, 4) is 5.75 Å². The predicted octanol–water partition coefficient (Wildman–Crippen LogP) is 2.80. The van der Waals surface area contributed by atoms with Crippen molar-refractivity contribution in [3.05, 3.63) is 29.3 Å². The molecule has 0 bridgehead atoms. The van der Waals surface area contributed by atoms with Crippen LogP contribution in [0, 0.1) is 0 Å². The number of hydrogen-bond donors (Lipinski definition) is 1. The molecule has 1 heterocycles. The number of ether oxygens (including phenoxy) is 1. The Hall–Kier alpha value is -1.02. The molecule has 2 nitrogen and oxygen atoms in total. The highest BCUT2D eigenvalue weighted by Crippen LogP contribution is 2.39. The molecule has 1 aliphatic rings. The molecule has 0 saturated heterocycles. The molecule has 2 rings (SSSR count). The van der Waals surface area contributed by atoms with E-state index in [2.05, 4.69) is 19.9 Å². The van der Waals surface area contributed by atoms with Crippen LogP contribution in [0.5, 0.6) is 5.75 Å². The Kier molecular flexibility index (Phi) is 2.47. The van der Waals surface area contributed by atoms with E-state index in [0.29, 0.717) is 0 Å². The standard InChI is InChI=1S/C13H18O2/c1-9(14)10-4-5-12-11(8-10)13(2,3)6-7-15-12/h4-5,8-9,14H,6-7H2,1-3H3/i9+2. The van der Waals surface area contributed by atoms with E-state index in [1.165, 1.54) is 5.56 Å². The fourth-order valence-electron chi connectivity index (χ4n) is 2.01. The van der Waals surface area contributed by atoms with Gasteiger partial charge in [-0.05, 0) is 36.5 Å². The molecule has 2 heteroatoms. The molecule has 15 heavy (non-hydrogen) atoms. The summed E-state index contributed by atoms with van der Waals surface area (Å²) in [6, 6.07) is 5.97. The number of benzene rings is 1.